The summed E-state index contributed by atoms with van der Waals surface area (Å²) in [5, 5.41) is 0. The van der Waals surface area contributed by atoms with Gasteiger partial charge in [0.25, 0.3) is 0 Å². The fourth-order valence-electron chi connectivity index (χ4n) is 7.69. The molecule has 2 aliphatic heterocycles. The summed E-state index contributed by atoms with van der Waals surface area (Å²) in [7, 11) is 0. The summed E-state index contributed by atoms with van der Waals surface area (Å²) >= 11 is 0. The van der Waals surface area contributed by atoms with Crippen LogP contribution in [0.4, 0.5) is 0 Å². The first kappa shape index (κ1) is 47.6. The Kier molecular flexibility index (Phi) is 20.4. The lowest BCUT2D eigenvalue weighted by Crippen LogP contribution is -2.55. The fourth-order valence-corrected chi connectivity index (χ4v) is 7.69. The number of ketones is 1. The van der Waals surface area contributed by atoms with E-state index in [9.17, 15) is 4.79 Å². The predicted molar refractivity (Wildman–Crippen MR) is 223 cm³/mol. The van der Waals surface area contributed by atoms with Crippen LogP contribution in [0.1, 0.15) is 207 Å². The number of hydrogen-bond acceptors (Lipinski definition) is 4. The van der Waals surface area contributed by atoms with E-state index in [1.165, 1.54) is 136 Å². The molecule has 0 bridgehead atoms. The van der Waals surface area contributed by atoms with E-state index >= 15 is 0 Å². The first-order valence-corrected chi connectivity index (χ1v) is 21.6. The van der Waals surface area contributed by atoms with Gasteiger partial charge in [0, 0.05) is 48.7 Å². The Bertz CT molecular complexity index is 848. The van der Waals surface area contributed by atoms with E-state index in [2.05, 4.69) is 97.8 Å². The molecule has 5 aliphatic rings. The van der Waals surface area contributed by atoms with E-state index in [-0.39, 0.29) is 11.2 Å². The first-order valence-electron chi connectivity index (χ1n) is 21.6. The van der Waals surface area contributed by atoms with Crippen LogP contribution in [0.3, 0.4) is 0 Å². The van der Waals surface area contributed by atoms with E-state index in [0.717, 1.165) is 17.9 Å². The van der Waals surface area contributed by atoms with Crippen molar-refractivity contribution in [3.63, 3.8) is 0 Å². The van der Waals surface area contributed by atoms with Gasteiger partial charge >= 0.3 is 0 Å². The molecule has 0 spiro atoms. The molecule has 0 atom stereocenters. The summed E-state index contributed by atoms with van der Waals surface area (Å²) in [6, 6.07) is 0.913. The molecule has 5 fully saturated rings. The molecule has 3 aliphatic carbocycles. The van der Waals surface area contributed by atoms with Gasteiger partial charge in [-0.25, -0.2) is 0 Å². The third-order valence-electron chi connectivity index (χ3n) is 12.3. The zero-order valence-electron chi connectivity index (χ0n) is 37.3. The molecule has 0 aromatic carbocycles. The lowest BCUT2D eigenvalue weighted by Gasteiger charge is -2.45. The van der Waals surface area contributed by atoms with Crippen LogP contribution in [0.25, 0.3) is 0 Å². The van der Waals surface area contributed by atoms with Gasteiger partial charge in [-0.3, -0.25) is 19.5 Å². The third-order valence-corrected chi connectivity index (χ3v) is 12.3. The topological polar surface area (TPSA) is 26.8 Å². The number of piperidine rings is 1. The lowest BCUT2D eigenvalue weighted by atomic mass is 9.72. The highest BCUT2D eigenvalue weighted by molar-refractivity contribution is 5.80. The highest BCUT2D eigenvalue weighted by atomic mass is 16.1. The molecule has 5 rings (SSSR count). The number of hydrogen-bond donors (Lipinski definition) is 0. The zero-order chi connectivity index (χ0) is 38.4. The van der Waals surface area contributed by atoms with Crippen LogP contribution in [-0.2, 0) is 4.79 Å². The van der Waals surface area contributed by atoms with Crippen LogP contribution in [-0.4, -0.2) is 76.9 Å². The number of carbonyl (C=O) groups is 1. The van der Waals surface area contributed by atoms with Crippen molar-refractivity contribution in [2.24, 2.45) is 28.1 Å². The van der Waals surface area contributed by atoms with Gasteiger partial charge in [0.05, 0.1) is 0 Å². The zero-order valence-corrected chi connectivity index (χ0v) is 37.3. The smallest absolute Gasteiger partial charge is 0.135 e. The molecule has 3 saturated carbocycles. The Hall–Kier alpha value is -0.450. The predicted octanol–water partition coefficient (Wildman–Crippen LogP) is 12.7. The Balaban J connectivity index is 0.000000326. The maximum absolute atomic E-state index is 10.5. The Labute approximate surface area is 316 Å². The van der Waals surface area contributed by atoms with Crippen molar-refractivity contribution in [1.29, 1.82) is 0 Å². The van der Waals surface area contributed by atoms with E-state index < -0.39 is 0 Å². The lowest BCUT2D eigenvalue weighted by molar-refractivity contribution is -0.124. The Morgan fingerprint density at radius 1 is 0.420 bits per heavy atom. The quantitative estimate of drug-likeness (QED) is 0.272. The highest BCUT2D eigenvalue weighted by Crippen LogP contribution is 2.44. The minimum absolute atomic E-state index is 0.139. The van der Waals surface area contributed by atoms with Gasteiger partial charge in [0.1, 0.15) is 5.78 Å². The largest absolute Gasteiger partial charge is 0.299 e. The molecule has 0 N–H and O–H groups in total. The maximum Gasteiger partial charge on any atom is 0.135 e. The molecule has 4 heteroatoms. The Morgan fingerprint density at radius 3 is 1.00 bits per heavy atom. The van der Waals surface area contributed by atoms with Gasteiger partial charge in [-0.2, -0.15) is 0 Å². The number of likely N-dealkylation sites (tertiary alicyclic amines) is 1. The van der Waals surface area contributed by atoms with Crippen molar-refractivity contribution in [3.05, 3.63) is 0 Å². The van der Waals surface area contributed by atoms with Crippen molar-refractivity contribution in [2.45, 2.75) is 224 Å². The summed E-state index contributed by atoms with van der Waals surface area (Å²) in [5.41, 5.74) is 1.81. The van der Waals surface area contributed by atoms with Gasteiger partial charge in [-0.15, -0.1) is 0 Å². The summed E-state index contributed by atoms with van der Waals surface area (Å²) < 4.78 is 0. The molecule has 50 heavy (non-hydrogen) atoms. The van der Waals surface area contributed by atoms with Gasteiger partial charge in [0.15, 0.2) is 0 Å². The van der Waals surface area contributed by atoms with Crippen molar-refractivity contribution < 1.29 is 4.79 Å². The number of nitrogens with zero attached hydrogens (tertiary/aromatic N) is 3. The molecule has 0 aromatic heterocycles. The van der Waals surface area contributed by atoms with Crippen molar-refractivity contribution in [2.75, 3.05) is 39.3 Å². The molecule has 0 radical (unpaired) electrons. The molecule has 4 nitrogen and oxygen atoms in total. The normalized spacial score (nSPS) is 22.7. The fraction of sp³-hybridized carbons (Fsp3) is 0.978. The van der Waals surface area contributed by atoms with E-state index in [4.69, 9.17) is 0 Å². The van der Waals surface area contributed by atoms with Gasteiger partial charge < -0.3 is 0 Å². The molecular formula is C46H93N3O. The Morgan fingerprint density at radius 2 is 0.740 bits per heavy atom. The third kappa shape index (κ3) is 20.7. The van der Waals surface area contributed by atoms with Crippen LogP contribution < -0.4 is 0 Å². The van der Waals surface area contributed by atoms with Crippen LogP contribution in [0.5, 0.6) is 0 Å². The number of carbonyl (C=O) groups excluding carboxylic acids is 1. The summed E-state index contributed by atoms with van der Waals surface area (Å²) in [4.78, 5) is 18.4. The van der Waals surface area contributed by atoms with Crippen molar-refractivity contribution in [1.82, 2.24) is 14.7 Å². The van der Waals surface area contributed by atoms with Crippen LogP contribution >= 0.6 is 0 Å². The second-order valence-corrected chi connectivity index (χ2v) is 21.9. The van der Waals surface area contributed by atoms with E-state index in [1.807, 2.05) is 20.8 Å². The molecule has 298 valence electrons. The summed E-state index contributed by atoms with van der Waals surface area (Å²) in [6.07, 6.45) is 21.9. The maximum atomic E-state index is 10.5. The summed E-state index contributed by atoms with van der Waals surface area (Å²) in [5.74, 6) is 2.29. The van der Waals surface area contributed by atoms with Crippen LogP contribution in [0, 0.1) is 28.1 Å². The number of piperazine rings is 1. The van der Waals surface area contributed by atoms with Crippen molar-refractivity contribution >= 4 is 5.78 Å². The minimum Gasteiger partial charge on any atom is -0.299 e. The standard InChI is InChI=1S/C14H28N2.C10H20.C9H19N.C7H14.C6H12O/c1-14(2,3)16-11-9-15(10-12-16)13-7-5-4-6-8-13;1-10(2,3)9-7-5-4-6-8-9;1-9(2,3)10-7-5-4-6-8-10;1-7(2,3)6-4-5-6;1-5(7)6(2,3)4/h13H,4-12H2,1-3H3;9H,4-8H2,1-3H3;4-8H2,1-3H3;6H,4-5H2,1-3H3;1-4H3. The first-order chi connectivity index (χ1) is 22.8. The van der Waals surface area contributed by atoms with Crippen LogP contribution in [0.2, 0.25) is 0 Å². The molecule has 2 saturated heterocycles. The molecule has 0 aromatic rings. The van der Waals surface area contributed by atoms with E-state index in [0.29, 0.717) is 21.9 Å². The molecule has 0 unspecified atom stereocenters. The van der Waals surface area contributed by atoms with E-state index in [1.54, 1.807) is 6.92 Å². The summed E-state index contributed by atoms with van der Waals surface area (Å²) in [6.45, 7) is 43.1. The molecular weight excluding hydrogens is 611 g/mol. The average molecular weight is 704 g/mol. The average Bonchev–Trinajstić information content (AvgIpc) is 3.89. The van der Waals surface area contributed by atoms with Crippen molar-refractivity contribution in [3.8, 4) is 0 Å². The molecule has 2 heterocycles. The molecule has 0 amide bonds. The number of Topliss-reactive ketones (excluding diaryl/α,β-unsaturated/α-hetero) is 1. The minimum atomic E-state index is -0.139. The monoisotopic (exact) mass is 704 g/mol. The SMILES string of the molecule is CC(=O)C(C)(C)C.CC(C)(C)C1CC1.CC(C)(C)C1CCCCC1.CC(C)(C)N1CCCCC1.CC(C)(C)N1CCN(C2CCCCC2)CC1. The van der Waals surface area contributed by atoms with Gasteiger partial charge in [0.2, 0.25) is 0 Å². The second-order valence-electron chi connectivity index (χ2n) is 21.9. The number of rotatable bonds is 1. The van der Waals surface area contributed by atoms with Crippen LogP contribution in [0.15, 0.2) is 0 Å². The second kappa shape index (κ2) is 21.4. The van der Waals surface area contributed by atoms with Gasteiger partial charge in [-0.1, -0.05) is 107 Å². The van der Waals surface area contributed by atoms with Gasteiger partial charge in [-0.05, 0) is 136 Å². The highest BCUT2D eigenvalue weighted by Gasteiger charge is 2.33.